The van der Waals surface area contributed by atoms with E-state index in [9.17, 15) is 14.9 Å². The maximum Gasteiger partial charge on any atom is 0.293 e. The number of hydrogen-bond acceptors (Lipinski definition) is 6. The summed E-state index contributed by atoms with van der Waals surface area (Å²) in [6, 6.07) is 12.8. The van der Waals surface area contributed by atoms with E-state index >= 15 is 0 Å². The van der Waals surface area contributed by atoms with Crippen molar-refractivity contribution >= 4 is 17.3 Å². The van der Waals surface area contributed by atoms with Crippen LogP contribution < -0.4 is 15.8 Å². The first-order valence-corrected chi connectivity index (χ1v) is 9.75. The molecule has 2 aromatic carbocycles. The second-order valence-corrected chi connectivity index (χ2v) is 7.11. The molecule has 0 saturated carbocycles. The lowest BCUT2D eigenvalue weighted by Crippen LogP contribution is -2.44. The summed E-state index contributed by atoms with van der Waals surface area (Å²) in [7, 11) is 0. The Kier molecular flexibility index (Phi) is 6.66. The number of nitro groups is 1. The number of anilines is 1. The molecule has 1 heterocycles. The van der Waals surface area contributed by atoms with Crippen molar-refractivity contribution in [1.82, 2.24) is 10.2 Å². The summed E-state index contributed by atoms with van der Waals surface area (Å²) >= 11 is 0. The van der Waals surface area contributed by atoms with Gasteiger partial charge in [0.25, 0.3) is 11.6 Å². The molecule has 0 radical (unpaired) electrons. The summed E-state index contributed by atoms with van der Waals surface area (Å²) < 4.78 is 5.47. The standard InChI is InChI=1S/C21H26N4O4/c1-2-29-20-13-18(22)19(25(27)28)12-17(20)21(26)23-16-8-10-24(11-9-16)14-15-6-4-3-5-7-15/h3-7,12-13,16H,2,8-11,14,22H2,1H3,(H,23,26). The van der Waals surface area contributed by atoms with Crippen LogP contribution in [0.1, 0.15) is 35.7 Å². The molecule has 1 fully saturated rings. The van der Waals surface area contributed by atoms with Crippen molar-refractivity contribution in [2.75, 3.05) is 25.4 Å². The van der Waals surface area contributed by atoms with Crippen molar-refractivity contribution in [3.8, 4) is 5.75 Å². The summed E-state index contributed by atoms with van der Waals surface area (Å²) in [6.45, 7) is 4.75. The minimum absolute atomic E-state index is 0.0145. The zero-order valence-corrected chi connectivity index (χ0v) is 16.5. The second kappa shape index (κ2) is 9.38. The van der Waals surface area contributed by atoms with Crippen LogP contribution in [0.2, 0.25) is 0 Å². The van der Waals surface area contributed by atoms with Crippen molar-refractivity contribution in [1.29, 1.82) is 0 Å². The molecule has 0 aromatic heterocycles. The van der Waals surface area contributed by atoms with Crippen LogP contribution in [-0.2, 0) is 6.54 Å². The highest BCUT2D eigenvalue weighted by Gasteiger charge is 2.25. The fourth-order valence-corrected chi connectivity index (χ4v) is 3.53. The number of nitrogens with one attached hydrogen (secondary N) is 1. The lowest BCUT2D eigenvalue weighted by Gasteiger charge is -2.32. The molecule has 1 aliphatic heterocycles. The van der Waals surface area contributed by atoms with Gasteiger partial charge in [0, 0.05) is 37.8 Å². The van der Waals surface area contributed by atoms with Gasteiger partial charge in [-0.15, -0.1) is 0 Å². The SMILES string of the molecule is CCOc1cc(N)c([N+](=O)[O-])cc1C(=O)NC1CCN(Cc2ccccc2)CC1. The number of benzene rings is 2. The number of amides is 1. The zero-order valence-electron chi connectivity index (χ0n) is 16.5. The summed E-state index contributed by atoms with van der Waals surface area (Å²) in [5, 5.41) is 14.2. The number of hydrogen-bond donors (Lipinski definition) is 2. The van der Waals surface area contributed by atoms with Crippen molar-refractivity contribution in [3.63, 3.8) is 0 Å². The van der Waals surface area contributed by atoms with Crippen LogP contribution in [0.15, 0.2) is 42.5 Å². The van der Waals surface area contributed by atoms with Gasteiger partial charge in [-0.25, -0.2) is 0 Å². The first kappa shape index (κ1) is 20.6. The predicted octanol–water partition coefficient (Wildman–Crippen LogP) is 2.97. The highest BCUT2D eigenvalue weighted by Crippen LogP contribution is 2.31. The van der Waals surface area contributed by atoms with Gasteiger partial charge in [-0.05, 0) is 25.3 Å². The van der Waals surface area contributed by atoms with Gasteiger partial charge in [-0.2, -0.15) is 0 Å². The third-order valence-electron chi connectivity index (χ3n) is 5.04. The molecule has 0 atom stereocenters. The highest BCUT2D eigenvalue weighted by atomic mass is 16.6. The van der Waals surface area contributed by atoms with E-state index < -0.39 is 4.92 Å². The van der Waals surface area contributed by atoms with Gasteiger partial charge in [0.05, 0.1) is 17.1 Å². The summed E-state index contributed by atoms with van der Waals surface area (Å²) in [6.07, 6.45) is 1.64. The van der Waals surface area contributed by atoms with E-state index in [1.165, 1.54) is 17.7 Å². The number of likely N-dealkylation sites (tertiary alicyclic amines) is 1. The molecular formula is C21H26N4O4. The van der Waals surface area contributed by atoms with E-state index in [0.717, 1.165) is 32.5 Å². The normalized spacial score (nSPS) is 15.1. The molecule has 1 aliphatic rings. The molecule has 1 saturated heterocycles. The fourth-order valence-electron chi connectivity index (χ4n) is 3.53. The Bertz CT molecular complexity index is 864. The van der Waals surface area contributed by atoms with Crippen LogP contribution in [0, 0.1) is 10.1 Å². The number of nitrogens with zero attached hydrogens (tertiary/aromatic N) is 2. The summed E-state index contributed by atoms with van der Waals surface area (Å²) in [5.41, 5.74) is 6.81. The Hall–Kier alpha value is -3.13. The van der Waals surface area contributed by atoms with E-state index in [-0.39, 0.29) is 34.6 Å². The number of rotatable bonds is 7. The number of piperidine rings is 1. The molecule has 8 nitrogen and oxygen atoms in total. The van der Waals surface area contributed by atoms with Crippen molar-refractivity contribution < 1.29 is 14.5 Å². The molecule has 0 unspecified atom stereocenters. The van der Waals surface area contributed by atoms with Crippen LogP contribution in [-0.4, -0.2) is 41.5 Å². The van der Waals surface area contributed by atoms with Crippen LogP contribution in [0.5, 0.6) is 5.75 Å². The van der Waals surface area contributed by atoms with E-state index in [1.807, 2.05) is 18.2 Å². The number of ether oxygens (including phenoxy) is 1. The Morgan fingerprint density at radius 3 is 2.59 bits per heavy atom. The zero-order chi connectivity index (χ0) is 20.8. The highest BCUT2D eigenvalue weighted by molar-refractivity contribution is 5.98. The maximum atomic E-state index is 12.8. The molecule has 0 bridgehead atoms. The number of nitrogens with two attached hydrogens (primary N) is 1. The van der Waals surface area contributed by atoms with Crippen molar-refractivity contribution in [2.24, 2.45) is 0 Å². The number of nitro benzene ring substituents is 1. The smallest absolute Gasteiger partial charge is 0.293 e. The molecule has 0 spiro atoms. The van der Waals surface area contributed by atoms with E-state index in [0.29, 0.717) is 6.61 Å². The van der Waals surface area contributed by atoms with E-state index in [1.54, 1.807) is 6.92 Å². The maximum absolute atomic E-state index is 12.8. The quantitative estimate of drug-likeness (QED) is 0.421. The third-order valence-corrected chi connectivity index (χ3v) is 5.04. The predicted molar refractivity (Wildman–Crippen MR) is 111 cm³/mol. The van der Waals surface area contributed by atoms with Gasteiger partial charge < -0.3 is 15.8 Å². The molecule has 0 aliphatic carbocycles. The summed E-state index contributed by atoms with van der Waals surface area (Å²) in [5.74, 6) is -0.118. The molecule has 29 heavy (non-hydrogen) atoms. The van der Waals surface area contributed by atoms with Crippen LogP contribution in [0.25, 0.3) is 0 Å². The first-order chi connectivity index (χ1) is 14.0. The Morgan fingerprint density at radius 2 is 1.97 bits per heavy atom. The monoisotopic (exact) mass is 398 g/mol. The van der Waals surface area contributed by atoms with Gasteiger partial charge in [0.1, 0.15) is 11.4 Å². The lowest BCUT2D eigenvalue weighted by atomic mass is 10.0. The second-order valence-electron chi connectivity index (χ2n) is 7.11. The average molecular weight is 398 g/mol. The van der Waals surface area contributed by atoms with Gasteiger partial charge in [-0.1, -0.05) is 30.3 Å². The number of nitrogen functional groups attached to an aromatic ring is 1. The third kappa shape index (κ3) is 5.23. The Balaban J connectivity index is 1.63. The minimum Gasteiger partial charge on any atom is -0.493 e. The van der Waals surface area contributed by atoms with Crippen LogP contribution in [0.3, 0.4) is 0 Å². The van der Waals surface area contributed by atoms with E-state index in [2.05, 4.69) is 22.3 Å². The molecule has 8 heteroatoms. The van der Waals surface area contributed by atoms with E-state index in [4.69, 9.17) is 10.5 Å². The molecular weight excluding hydrogens is 372 g/mol. The topological polar surface area (TPSA) is 111 Å². The lowest BCUT2D eigenvalue weighted by molar-refractivity contribution is -0.383. The van der Waals surface area contributed by atoms with Crippen LogP contribution in [0.4, 0.5) is 11.4 Å². The largest absolute Gasteiger partial charge is 0.493 e. The molecule has 1 amide bonds. The summed E-state index contributed by atoms with van der Waals surface area (Å²) in [4.78, 5) is 25.8. The minimum atomic E-state index is -0.593. The number of carbonyl (C=O) groups excluding carboxylic acids is 1. The Labute approximate surface area is 169 Å². The Morgan fingerprint density at radius 1 is 1.28 bits per heavy atom. The number of carbonyl (C=O) groups is 1. The van der Waals surface area contributed by atoms with Gasteiger partial charge in [0.2, 0.25) is 0 Å². The van der Waals surface area contributed by atoms with Crippen molar-refractivity contribution in [3.05, 3.63) is 63.7 Å². The first-order valence-electron chi connectivity index (χ1n) is 9.75. The van der Waals surface area contributed by atoms with Crippen LogP contribution >= 0.6 is 0 Å². The fraction of sp³-hybridized carbons (Fsp3) is 0.381. The van der Waals surface area contributed by atoms with Gasteiger partial charge in [0.15, 0.2) is 0 Å². The van der Waals surface area contributed by atoms with Gasteiger partial charge >= 0.3 is 0 Å². The molecule has 3 rings (SSSR count). The van der Waals surface area contributed by atoms with Gasteiger partial charge in [-0.3, -0.25) is 19.8 Å². The molecule has 3 N–H and O–H groups in total. The average Bonchev–Trinajstić information content (AvgIpc) is 2.70. The molecule has 154 valence electrons. The van der Waals surface area contributed by atoms with Crippen molar-refractivity contribution in [2.45, 2.75) is 32.4 Å². The molecule has 2 aromatic rings.